The minimum absolute atomic E-state index is 0.209. The van der Waals surface area contributed by atoms with Crippen molar-refractivity contribution in [3.63, 3.8) is 0 Å². The Morgan fingerprint density at radius 2 is 1.95 bits per heavy atom. The Hall–Kier alpha value is -3.59. The van der Waals surface area contributed by atoms with Crippen LogP contribution in [0.2, 0.25) is 5.02 Å². The summed E-state index contributed by atoms with van der Waals surface area (Å²) in [4.78, 5) is 11.2. The van der Waals surface area contributed by atoms with Crippen molar-refractivity contribution >= 4 is 45.8 Å². The van der Waals surface area contributed by atoms with E-state index < -0.39 is 0 Å². The van der Waals surface area contributed by atoms with Crippen molar-refractivity contribution in [1.29, 1.82) is 0 Å². The van der Waals surface area contributed by atoms with Gasteiger partial charge in [0.15, 0.2) is 0 Å². The summed E-state index contributed by atoms with van der Waals surface area (Å²) < 4.78 is 25.6. The monoisotopic (exact) mass is 576 g/mol. The van der Waals surface area contributed by atoms with Crippen LogP contribution in [-0.4, -0.2) is 40.5 Å². The summed E-state index contributed by atoms with van der Waals surface area (Å²) in [7, 11) is 2.11. The van der Waals surface area contributed by atoms with Crippen LogP contribution in [0.15, 0.2) is 83.5 Å². The number of aromatic nitrogens is 2. The number of halogens is 2. The van der Waals surface area contributed by atoms with Crippen molar-refractivity contribution in [2.24, 2.45) is 0 Å². The molecule has 6 nitrogen and oxygen atoms in total. The summed E-state index contributed by atoms with van der Waals surface area (Å²) in [6.07, 6.45) is 3.64. The van der Waals surface area contributed by atoms with Crippen LogP contribution in [0.25, 0.3) is 22.2 Å². The number of fused-ring (bicyclic) bond motifs is 1. The second-order valence-electron chi connectivity index (χ2n) is 9.39. The molecule has 40 heavy (non-hydrogen) atoms. The van der Waals surface area contributed by atoms with Crippen LogP contribution in [0, 0.1) is 5.82 Å². The van der Waals surface area contributed by atoms with Crippen molar-refractivity contribution in [1.82, 2.24) is 14.9 Å². The smallest absolute Gasteiger partial charge is 0.141 e. The third kappa shape index (κ3) is 6.41. The molecule has 0 radical (unpaired) electrons. The molecule has 0 unspecified atom stereocenters. The number of anilines is 2. The molecule has 2 heterocycles. The highest BCUT2D eigenvalue weighted by Crippen LogP contribution is 2.34. The lowest BCUT2D eigenvalue weighted by atomic mass is 10.1. The Balaban J connectivity index is 1.36. The first-order valence-electron chi connectivity index (χ1n) is 12.9. The fourth-order valence-electron chi connectivity index (χ4n) is 4.42. The van der Waals surface area contributed by atoms with Crippen LogP contribution < -0.4 is 10.1 Å². The van der Waals surface area contributed by atoms with Crippen molar-refractivity contribution in [3.8, 4) is 17.1 Å². The highest BCUT2D eigenvalue weighted by molar-refractivity contribution is 7.98. The zero-order valence-corrected chi connectivity index (χ0v) is 24.1. The zero-order valence-electron chi connectivity index (χ0n) is 22.5. The van der Waals surface area contributed by atoms with Crippen LogP contribution in [0.1, 0.15) is 24.3 Å². The summed E-state index contributed by atoms with van der Waals surface area (Å²) in [6.45, 7) is 3.30. The minimum Gasteiger partial charge on any atom is -0.487 e. The molecule has 0 spiro atoms. The van der Waals surface area contributed by atoms with Gasteiger partial charge < -0.3 is 14.5 Å². The number of thioether (sulfide) groups is 1. The molecule has 1 N–H and O–H groups in total. The molecule has 0 saturated heterocycles. The average molecular weight is 577 g/mol. The lowest BCUT2D eigenvalue weighted by Crippen LogP contribution is -2.25. The number of nitrogens with zero attached hydrogens (tertiary/aromatic N) is 3. The van der Waals surface area contributed by atoms with Gasteiger partial charge in [0.2, 0.25) is 0 Å². The molecule has 9 heteroatoms. The molecule has 206 valence electrons. The number of furan rings is 1. The van der Waals surface area contributed by atoms with E-state index in [-0.39, 0.29) is 18.5 Å². The van der Waals surface area contributed by atoms with Gasteiger partial charge in [-0.15, -0.1) is 0 Å². The molecule has 0 aliphatic rings. The number of nitrogens with one attached hydrogen (secondary N) is 1. The molecule has 0 fully saturated rings. The normalized spacial score (nSPS) is 12.2. The van der Waals surface area contributed by atoms with E-state index in [9.17, 15) is 4.39 Å². The summed E-state index contributed by atoms with van der Waals surface area (Å²) in [5.74, 6) is 3.55. The summed E-state index contributed by atoms with van der Waals surface area (Å²) in [5.41, 5.74) is 3.22. The molecule has 5 aromatic rings. The molecule has 0 aliphatic heterocycles. The molecule has 0 amide bonds. The Morgan fingerprint density at radius 3 is 2.73 bits per heavy atom. The van der Waals surface area contributed by atoms with E-state index in [0.29, 0.717) is 16.6 Å². The molecule has 0 aliphatic carbocycles. The standard InChI is InChI=1S/C31H30ClFN4O2S/c1-4-37(2)27(18-40-3)30-13-12-28(39-30)21-8-10-26-24(15-21)31(35-19-34-26)36-23-9-11-29(25(32)16-23)38-17-20-6-5-7-22(33)14-20/h5-16,19,27H,4,17-18H2,1-3H3,(H,34,35,36)/t27-/m1/s1. The van der Waals surface area contributed by atoms with Gasteiger partial charge in [0.1, 0.15) is 41.8 Å². The third-order valence-corrected chi connectivity index (χ3v) is 7.65. The van der Waals surface area contributed by atoms with Gasteiger partial charge in [0.05, 0.1) is 16.6 Å². The summed E-state index contributed by atoms with van der Waals surface area (Å²) >= 11 is 8.31. The number of hydrogen-bond acceptors (Lipinski definition) is 7. The molecule has 1 atom stereocenters. The molecule has 2 aromatic heterocycles. The van der Waals surface area contributed by atoms with Gasteiger partial charge in [-0.3, -0.25) is 4.90 Å². The van der Waals surface area contributed by atoms with Crippen LogP contribution in [-0.2, 0) is 6.61 Å². The molecule has 3 aromatic carbocycles. The highest BCUT2D eigenvalue weighted by Gasteiger charge is 2.20. The van der Waals surface area contributed by atoms with Gasteiger partial charge in [-0.1, -0.05) is 30.7 Å². The van der Waals surface area contributed by atoms with Gasteiger partial charge in [0, 0.05) is 22.4 Å². The first-order valence-corrected chi connectivity index (χ1v) is 14.7. The van der Waals surface area contributed by atoms with Crippen LogP contribution in [0.5, 0.6) is 5.75 Å². The molecular weight excluding hydrogens is 547 g/mol. The highest BCUT2D eigenvalue weighted by atomic mass is 35.5. The Bertz CT molecular complexity index is 1610. The van der Waals surface area contributed by atoms with E-state index in [1.165, 1.54) is 18.5 Å². The third-order valence-electron chi connectivity index (χ3n) is 6.71. The fraction of sp³-hybridized carbons (Fsp3) is 0.226. The quantitative estimate of drug-likeness (QED) is 0.169. The van der Waals surface area contributed by atoms with E-state index in [2.05, 4.69) is 46.5 Å². The number of rotatable bonds is 11. The second kappa shape index (κ2) is 12.7. The first kappa shape index (κ1) is 28.0. The average Bonchev–Trinajstić information content (AvgIpc) is 3.45. The fourth-order valence-corrected chi connectivity index (χ4v) is 5.39. The predicted molar refractivity (Wildman–Crippen MR) is 162 cm³/mol. The van der Waals surface area contributed by atoms with Crippen molar-refractivity contribution in [2.75, 3.05) is 30.9 Å². The van der Waals surface area contributed by atoms with Crippen LogP contribution in [0.3, 0.4) is 0 Å². The van der Waals surface area contributed by atoms with Crippen molar-refractivity contribution in [3.05, 3.63) is 101 Å². The van der Waals surface area contributed by atoms with Crippen LogP contribution >= 0.6 is 23.4 Å². The Morgan fingerprint density at radius 1 is 1.07 bits per heavy atom. The Labute approximate surface area is 242 Å². The number of ether oxygens (including phenoxy) is 1. The van der Waals surface area contributed by atoms with E-state index in [1.54, 1.807) is 36.0 Å². The molecular formula is C31H30ClFN4O2S. The molecule has 5 rings (SSSR count). The lowest BCUT2D eigenvalue weighted by Gasteiger charge is -2.24. The predicted octanol–water partition coefficient (Wildman–Crippen LogP) is 8.36. The van der Waals surface area contributed by atoms with Gasteiger partial charge >= 0.3 is 0 Å². The lowest BCUT2D eigenvalue weighted by molar-refractivity contribution is 0.248. The maximum Gasteiger partial charge on any atom is 0.141 e. The van der Waals surface area contributed by atoms with Gasteiger partial charge in [0.25, 0.3) is 0 Å². The van der Waals surface area contributed by atoms with E-state index in [4.69, 9.17) is 20.8 Å². The largest absolute Gasteiger partial charge is 0.487 e. The number of benzene rings is 3. The maximum absolute atomic E-state index is 13.5. The zero-order chi connectivity index (χ0) is 28.1. The summed E-state index contributed by atoms with van der Waals surface area (Å²) in [6, 6.07) is 22.0. The van der Waals surface area contributed by atoms with Gasteiger partial charge in [-0.05, 0) is 86.1 Å². The first-order chi connectivity index (χ1) is 19.4. The topological polar surface area (TPSA) is 63.4 Å². The van der Waals surface area contributed by atoms with E-state index in [1.807, 2.05) is 30.3 Å². The molecule has 0 bridgehead atoms. The van der Waals surface area contributed by atoms with E-state index in [0.717, 1.165) is 51.5 Å². The van der Waals surface area contributed by atoms with E-state index >= 15 is 0 Å². The summed E-state index contributed by atoms with van der Waals surface area (Å²) in [5, 5.41) is 4.64. The maximum atomic E-state index is 13.5. The molecule has 0 saturated carbocycles. The number of hydrogen-bond donors (Lipinski definition) is 1. The van der Waals surface area contributed by atoms with Crippen molar-refractivity contribution < 1.29 is 13.5 Å². The van der Waals surface area contributed by atoms with Gasteiger partial charge in [-0.2, -0.15) is 11.8 Å². The second-order valence-corrected chi connectivity index (χ2v) is 10.7. The minimum atomic E-state index is -0.302. The van der Waals surface area contributed by atoms with Crippen molar-refractivity contribution in [2.45, 2.75) is 19.6 Å². The van der Waals surface area contributed by atoms with Crippen LogP contribution in [0.4, 0.5) is 15.9 Å². The Kier molecular flexibility index (Phi) is 8.89. The van der Waals surface area contributed by atoms with Gasteiger partial charge in [-0.25, -0.2) is 14.4 Å². The SMILES string of the molecule is CCN(C)[C@H](CSC)c1ccc(-c2ccc3ncnc(Nc4ccc(OCc5cccc(F)c5)c(Cl)c4)c3c2)o1.